The third kappa shape index (κ3) is 4.54. The van der Waals surface area contributed by atoms with Gasteiger partial charge in [-0.2, -0.15) is 16.9 Å². The van der Waals surface area contributed by atoms with E-state index in [-0.39, 0.29) is 17.1 Å². The lowest BCUT2D eigenvalue weighted by molar-refractivity contribution is -0.142. The fraction of sp³-hybridized carbons (Fsp3) is 0.250. The number of carbonyl (C=O) groups excluding carboxylic acids is 2. The average Bonchev–Trinajstić information content (AvgIpc) is 3.39. The van der Waals surface area contributed by atoms with Crippen LogP contribution in [0.25, 0.3) is 11.5 Å². The highest BCUT2D eigenvalue weighted by atomic mass is 32.2. The van der Waals surface area contributed by atoms with Gasteiger partial charge in [-0.05, 0) is 42.7 Å². The number of hydrogen-bond donors (Lipinski definition) is 1. The fourth-order valence-electron chi connectivity index (χ4n) is 2.92. The summed E-state index contributed by atoms with van der Waals surface area (Å²) in [4.78, 5) is 25.0. The zero-order chi connectivity index (χ0) is 21.7. The van der Waals surface area contributed by atoms with E-state index in [1.54, 1.807) is 29.1 Å². The predicted molar refractivity (Wildman–Crippen MR) is 109 cm³/mol. The van der Waals surface area contributed by atoms with E-state index >= 15 is 0 Å². The molecule has 2 aromatic heterocycles. The highest BCUT2D eigenvalue weighted by Gasteiger charge is 2.26. The number of benzene rings is 1. The first-order valence-corrected chi connectivity index (χ1v) is 10.4. The van der Waals surface area contributed by atoms with Crippen molar-refractivity contribution in [1.82, 2.24) is 19.7 Å². The predicted octanol–water partition coefficient (Wildman–Crippen LogP) is 2.97. The molecule has 1 atom stereocenters. The number of esters is 1. The Hall–Kier alpha value is -3.14. The number of methoxy groups -OCH3 is 1. The van der Waals surface area contributed by atoms with E-state index < -0.39 is 29.6 Å². The molecule has 3 aromatic rings. The molecule has 0 aliphatic carbocycles. The summed E-state index contributed by atoms with van der Waals surface area (Å²) in [5.41, 5.74) is 0.0963. The van der Waals surface area contributed by atoms with Crippen LogP contribution in [0.4, 0.5) is 8.78 Å². The standard InChI is InChI=1S/C20H20F2N4O3S/c1-29-20(28)16(7-10-30-2)24-18(27)14-12-23-26(19(14)25-8-3-4-9-25)17-6-5-13(21)11-15(17)22/h3-6,8-9,11-12,16H,7,10H2,1-2H3,(H,24,27)/t16-/m0/s1. The molecule has 2 heterocycles. The van der Waals surface area contributed by atoms with Crippen LogP contribution in [0.2, 0.25) is 0 Å². The van der Waals surface area contributed by atoms with Crippen molar-refractivity contribution >= 4 is 23.6 Å². The highest BCUT2D eigenvalue weighted by molar-refractivity contribution is 7.98. The normalized spacial score (nSPS) is 11.9. The molecule has 0 spiro atoms. The molecule has 0 fully saturated rings. The first kappa shape index (κ1) is 21.6. The number of rotatable bonds is 8. The average molecular weight is 434 g/mol. The van der Waals surface area contributed by atoms with Crippen molar-refractivity contribution in [3.8, 4) is 11.5 Å². The van der Waals surface area contributed by atoms with E-state index in [9.17, 15) is 18.4 Å². The second-order valence-electron chi connectivity index (χ2n) is 6.31. The van der Waals surface area contributed by atoms with E-state index in [1.165, 1.54) is 35.8 Å². The topological polar surface area (TPSA) is 78.2 Å². The summed E-state index contributed by atoms with van der Waals surface area (Å²) in [6.07, 6.45) is 6.88. The molecule has 0 saturated carbocycles. The Morgan fingerprint density at radius 1 is 1.27 bits per heavy atom. The molecule has 10 heteroatoms. The van der Waals surface area contributed by atoms with Crippen LogP contribution in [0.3, 0.4) is 0 Å². The summed E-state index contributed by atoms with van der Waals surface area (Å²) < 4.78 is 35.3. The van der Waals surface area contributed by atoms with Gasteiger partial charge in [0.15, 0.2) is 11.6 Å². The van der Waals surface area contributed by atoms with Crippen molar-refractivity contribution in [2.24, 2.45) is 0 Å². The quantitative estimate of drug-likeness (QED) is 0.552. The Kier molecular flexibility index (Phi) is 6.88. The largest absolute Gasteiger partial charge is 0.467 e. The third-order valence-electron chi connectivity index (χ3n) is 4.38. The number of ether oxygens (including phenoxy) is 1. The summed E-state index contributed by atoms with van der Waals surface area (Å²) >= 11 is 1.53. The lowest BCUT2D eigenvalue weighted by Gasteiger charge is -2.17. The van der Waals surface area contributed by atoms with Crippen molar-refractivity contribution in [2.45, 2.75) is 12.5 Å². The molecule has 30 heavy (non-hydrogen) atoms. The van der Waals surface area contributed by atoms with Gasteiger partial charge < -0.3 is 14.6 Å². The molecule has 1 aromatic carbocycles. The van der Waals surface area contributed by atoms with Gasteiger partial charge in [0.25, 0.3) is 5.91 Å². The molecule has 0 aliphatic heterocycles. The summed E-state index contributed by atoms with van der Waals surface area (Å²) in [7, 11) is 1.25. The van der Waals surface area contributed by atoms with Gasteiger partial charge in [-0.1, -0.05) is 0 Å². The Balaban J connectivity index is 2.02. The molecule has 3 rings (SSSR count). The number of hydrogen-bond acceptors (Lipinski definition) is 5. The molecular weight excluding hydrogens is 414 g/mol. The van der Waals surface area contributed by atoms with Gasteiger partial charge >= 0.3 is 5.97 Å². The maximum atomic E-state index is 14.4. The third-order valence-corrected chi connectivity index (χ3v) is 5.02. The fourth-order valence-corrected chi connectivity index (χ4v) is 3.39. The summed E-state index contributed by atoms with van der Waals surface area (Å²) in [6.45, 7) is 0. The van der Waals surface area contributed by atoms with E-state index in [2.05, 4.69) is 10.4 Å². The summed E-state index contributed by atoms with van der Waals surface area (Å²) in [6, 6.07) is 5.72. The van der Waals surface area contributed by atoms with Gasteiger partial charge in [0.2, 0.25) is 0 Å². The van der Waals surface area contributed by atoms with Crippen LogP contribution in [0.5, 0.6) is 0 Å². The minimum absolute atomic E-state index is 0.0222. The molecule has 158 valence electrons. The number of nitrogens with zero attached hydrogens (tertiary/aromatic N) is 3. The van der Waals surface area contributed by atoms with Gasteiger partial charge in [0.05, 0.1) is 13.3 Å². The number of aromatic nitrogens is 3. The smallest absolute Gasteiger partial charge is 0.328 e. The van der Waals surface area contributed by atoms with Gasteiger partial charge in [0, 0.05) is 18.5 Å². The number of carbonyl (C=O) groups is 2. The van der Waals surface area contributed by atoms with E-state index in [4.69, 9.17) is 4.74 Å². The zero-order valence-corrected chi connectivity index (χ0v) is 17.2. The summed E-state index contributed by atoms with van der Waals surface area (Å²) in [5, 5.41) is 6.80. The molecule has 0 unspecified atom stereocenters. The van der Waals surface area contributed by atoms with Crippen molar-refractivity contribution in [2.75, 3.05) is 19.1 Å². The molecule has 0 aliphatic rings. The van der Waals surface area contributed by atoms with Crippen LogP contribution < -0.4 is 5.32 Å². The minimum atomic E-state index is -0.835. The maximum Gasteiger partial charge on any atom is 0.328 e. The Bertz CT molecular complexity index is 1040. The van der Waals surface area contributed by atoms with Crippen LogP contribution in [-0.4, -0.2) is 51.4 Å². The van der Waals surface area contributed by atoms with Gasteiger partial charge in [0.1, 0.15) is 23.1 Å². The monoisotopic (exact) mass is 434 g/mol. The zero-order valence-electron chi connectivity index (χ0n) is 16.3. The van der Waals surface area contributed by atoms with Crippen molar-refractivity contribution in [3.05, 3.63) is 66.1 Å². The first-order valence-electron chi connectivity index (χ1n) is 9.00. The number of halogens is 2. The molecule has 1 N–H and O–H groups in total. The van der Waals surface area contributed by atoms with Crippen molar-refractivity contribution < 1.29 is 23.1 Å². The van der Waals surface area contributed by atoms with Crippen molar-refractivity contribution in [3.63, 3.8) is 0 Å². The van der Waals surface area contributed by atoms with Crippen LogP contribution in [0.15, 0.2) is 48.9 Å². The van der Waals surface area contributed by atoms with E-state index in [0.29, 0.717) is 12.2 Å². The second-order valence-corrected chi connectivity index (χ2v) is 7.30. The van der Waals surface area contributed by atoms with E-state index in [0.717, 1.165) is 12.1 Å². The molecule has 0 saturated heterocycles. The van der Waals surface area contributed by atoms with E-state index in [1.807, 2.05) is 6.26 Å². The lowest BCUT2D eigenvalue weighted by Crippen LogP contribution is -2.42. The molecular formula is C20H20F2N4O3S. The SMILES string of the molecule is COC(=O)[C@H](CCSC)NC(=O)c1cnn(-c2ccc(F)cc2F)c1-n1cccc1. The molecule has 0 radical (unpaired) electrons. The molecule has 7 nitrogen and oxygen atoms in total. The Labute approximate surface area is 176 Å². The van der Waals surface area contributed by atoms with Crippen molar-refractivity contribution in [1.29, 1.82) is 0 Å². The van der Waals surface area contributed by atoms with Gasteiger partial charge in [-0.15, -0.1) is 0 Å². The van der Waals surface area contributed by atoms with Gasteiger partial charge in [-0.25, -0.2) is 18.3 Å². The maximum absolute atomic E-state index is 14.4. The number of amides is 1. The number of thioether (sulfide) groups is 1. The molecule has 0 bridgehead atoms. The number of nitrogens with one attached hydrogen (secondary N) is 1. The second kappa shape index (κ2) is 9.57. The van der Waals surface area contributed by atoms with Crippen LogP contribution in [-0.2, 0) is 9.53 Å². The van der Waals surface area contributed by atoms with Gasteiger partial charge in [-0.3, -0.25) is 4.79 Å². The van der Waals surface area contributed by atoms with Crippen LogP contribution in [0.1, 0.15) is 16.8 Å². The molecule has 1 amide bonds. The first-order chi connectivity index (χ1) is 14.5. The minimum Gasteiger partial charge on any atom is -0.467 e. The highest BCUT2D eigenvalue weighted by Crippen LogP contribution is 2.22. The Morgan fingerprint density at radius 3 is 2.63 bits per heavy atom. The lowest BCUT2D eigenvalue weighted by atomic mass is 10.2. The summed E-state index contributed by atoms with van der Waals surface area (Å²) in [5.74, 6) is -1.79. The van der Waals surface area contributed by atoms with Crippen LogP contribution in [0, 0.1) is 11.6 Å². The van der Waals surface area contributed by atoms with Crippen LogP contribution >= 0.6 is 11.8 Å². The Morgan fingerprint density at radius 2 is 2.00 bits per heavy atom.